The summed E-state index contributed by atoms with van der Waals surface area (Å²) in [6.45, 7) is 0.983. The average molecular weight is 262 g/mol. The van der Waals surface area contributed by atoms with E-state index in [0.29, 0.717) is 6.17 Å². The molecule has 2 nitrogen and oxygen atoms in total. The van der Waals surface area contributed by atoms with Gasteiger partial charge in [-0.15, -0.1) is 0 Å². The number of nitrogens with one attached hydrogen (secondary N) is 1. The molecular weight excluding hydrogens is 244 g/mol. The summed E-state index contributed by atoms with van der Waals surface area (Å²) >= 11 is 0. The molecule has 1 unspecified atom stereocenters. The predicted octanol–water partition coefficient (Wildman–Crippen LogP) is 3.90. The summed E-state index contributed by atoms with van der Waals surface area (Å²) < 4.78 is 0. The fraction of sp³-hybridized carbons (Fsp3) is 0.222. The highest BCUT2D eigenvalue weighted by Crippen LogP contribution is 2.32. The fourth-order valence-corrected chi connectivity index (χ4v) is 3.23. The molecule has 4 rings (SSSR count). The summed E-state index contributed by atoms with van der Waals surface area (Å²) in [5.41, 5.74) is 5.38. The van der Waals surface area contributed by atoms with Crippen molar-refractivity contribution >= 4 is 17.5 Å². The summed E-state index contributed by atoms with van der Waals surface area (Å²) in [7, 11) is 0. The molecule has 0 amide bonds. The molecule has 100 valence electrons. The number of hydrogen-bond donors (Lipinski definition) is 1. The molecule has 2 aliphatic rings. The van der Waals surface area contributed by atoms with Crippen LogP contribution in [0.2, 0.25) is 0 Å². The second-order valence-electron chi connectivity index (χ2n) is 5.47. The summed E-state index contributed by atoms with van der Waals surface area (Å²) in [5.74, 6) is 0. The minimum Gasteiger partial charge on any atom is -0.365 e. The predicted molar refractivity (Wildman–Crippen MR) is 85.0 cm³/mol. The van der Waals surface area contributed by atoms with E-state index in [-0.39, 0.29) is 0 Å². The maximum atomic E-state index is 3.70. The first-order valence-electron chi connectivity index (χ1n) is 7.28. The van der Waals surface area contributed by atoms with E-state index >= 15 is 0 Å². The first-order chi connectivity index (χ1) is 9.92. The van der Waals surface area contributed by atoms with Gasteiger partial charge < -0.3 is 10.2 Å². The molecule has 2 aliphatic heterocycles. The molecule has 0 saturated heterocycles. The topological polar surface area (TPSA) is 15.3 Å². The van der Waals surface area contributed by atoms with Crippen LogP contribution < -0.4 is 10.2 Å². The van der Waals surface area contributed by atoms with Gasteiger partial charge in [0.1, 0.15) is 0 Å². The Kier molecular flexibility index (Phi) is 2.73. The monoisotopic (exact) mass is 262 g/mol. The molecule has 0 radical (unpaired) electrons. The van der Waals surface area contributed by atoms with E-state index in [1.165, 1.54) is 22.5 Å². The Morgan fingerprint density at radius 1 is 1.00 bits per heavy atom. The lowest BCUT2D eigenvalue weighted by Crippen LogP contribution is -2.44. The molecule has 1 atom stereocenters. The largest absolute Gasteiger partial charge is 0.365 e. The van der Waals surface area contributed by atoms with E-state index in [9.17, 15) is 0 Å². The smallest absolute Gasteiger partial charge is 0.0996 e. The molecule has 0 bridgehead atoms. The number of fused-ring (bicyclic) bond motifs is 2. The van der Waals surface area contributed by atoms with Crippen molar-refractivity contribution in [1.29, 1.82) is 0 Å². The van der Waals surface area contributed by atoms with Gasteiger partial charge in [0, 0.05) is 17.9 Å². The van der Waals surface area contributed by atoms with Gasteiger partial charge in [0.05, 0.1) is 6.17 Å². The second kappa shape index (κ2) is 4.71. The van der Waals surface area contributed by atoms with Crippen molar-refractivity contribution in [3.8, 4) is 0 Å². The van der Waals surface area contributed by atoms with Crippen molar-refractivity contribution in [1.82, 2.24) is 0 Å². The zero-order chi connectivity index (χ0) is 13.4. The van der Waals surface area contributed by atoms with Gasteiger partial charge in [-0.3, -0.25) is 0 Å². The molecule has 0 aliphatic carbocycles. The van der Waals surface area contributed by atoms with Crippen LogP contribution in [0, 0.1) is 0 Å². The van der Waals surface area contributed by atoms with Crippen LogP contribution in [-0.4, -0.2) is 12.7 Å². The third kappa shape index (κ3) is 1.88. The van der Waals surface area contributed by atoms with Gasteiger partial charge >= 0.3 is 0 Å². The quantitative estimate of drug-likeness (QED) is 0.838. The number of aryl methyl sites for hydroxylation is 1. The molecular formula is C18H18N2. The van der Waals surface area contributed by atoms with Gasteiger partial charge in [-0.2, -0.15) is 0 Å². The Labute approximate surface area is 119 Å². The van der Waals surface area contributed by atoms with Crippen LogP contribution in [0.25, 0.3) is 6.08 Å². The minimum atomic E-state index is 0.385. The van der Waals surface area contributed by atoms with E-state index in [4.69, 9.17) is 0 Å². The van der Waals surface area contributed by atoms with Gasteiger partial charge in [-0.05, 0) is 36.1 Å². The van der Waals surface area contributed by atoms with Gasteiger partial charge in [0.25, 0.3) is 0 Å². The van der Waals surface area contributed by atoms with E-state index in [2.05, 4.69) is 70.9 Å². The minimum absolute atomic E-state index is 0.385. The first-order valence-corrected chi connectivity index (χ1v) is 7.28. The number of anilines is 2. The van der Waals surface area contributed by atoms with Crippen molar-refractivity contribution < 1.29 is 0 Å². The van der Waals surface area contributed by atoms with Crippen molar-refractivity contribution in [2.24, 2.45) is 0 Å². The number of benzene rings is 2. The zero-order valence-electron chi connectivity index (χ0n) is 11.4. The Bertz CT molecular complexity index is 660. The standard InChI is InChI=1S/C18H18N2/c1-3-9-16-14(6-1)11-12-18(19-16)20-13-5-8-15-7-2-4-10-17(15)20/h1-10,18-19H,11-13H2. The van der Waals surface area contributed by atoms with Crippen molar-refractivity contribution in [2.75, 3.05) is 16.8 Å². The third-order valence-corrected chi connectivity index (χ3v) is 4.25. The van der Waals surface area contributed by atoms with Crippen LogP contribution in [0.1, 0.15) is 17.5 Å². The molecule has 0 aromatic heterocycles. The number of hydrogen-bond acceptors (Lipinski definition) is 2. The summed E-state index contributed by atoms with van der Waals surface area (Å²) in [6, 6.07) is 17.3. The highest BCUT2D eigenvalue weighted by Gasteiger charge is 2.25. The van der Waals surface area contributed by atoms with Crippen LogP contribution in [0.5, 0.6) is 0 Å². The highest BCUT2D eigenvalue weighted by molar-refractivity contribution is 5.72. The zero-order valence-corrected chi connectivity index (χ0v) is 11.4. The van der Waals surface area contributed by atoms with Gasteiger partial charge in [0.2, 0.25) is 0 Å². The molecule has 2 aromatic carbocycles. The van der Waals surface area contributed by atoms with Crippen LogP contribution in [-0.2, 0) is 6.42 Å². The summed E-state index contributed by atoms with van der Waals surface area (Å²) in [4.78, 5) is 2.48. The Hall–Kier alpha value is -2.22. The lowest BCUT2D eigenvalue weighted by Gasteiger charge is -2.39. The van der Waals surface area contributed by atoms with E-state index in [1.807, 2.05) is 0 Å². The van der Waals surface area contributed by atoms with Crippen LogP contribution >= 0.6 is 0 Å². The lowest BCUT2D eigenvalue weighted by molar-refractivity contribution is 0.602. The molecule has 0 fully saturated rings. The average Bonchev–Trinajstić information content (AvgIpc) is 2.54. The van der Waals surface area contributed by atoms with Gasteiger partial charge in [-0.1, -0.05) is 48.6 Å². The van der Waals surface area contributed by atoms with Crippen LogP contribution in [0.4, 0.5) is 11.4 Å². The molecule has 0 spiro atoms. The summed E-state index contributed by atoms with van der Waals surface area (Å²) in [6.07, 6.45) is 7.17. The Balaban J connectivity index is 1.66. The second-order valence-corrected chi connectivity index (χ2v) is 5.47. The molecule has 1 N–H and O–H groups in total. The molecule has 2 aromatic rings. The Morgan fingerprint density at radius 2 is 1.85 bits per heavy atom. The highest BCUT2D eigenvalue weighted by atomic mass is 15.3. The molecule has 2 heterocycles. The van der Waals surface area contributed by atoms with Gasteiger partial charge in [0.15, 0.2) is 0 Å². The van der Waals surface area contributed by atoms with E-state index < -0.39 is 0 Å². The number of para-hydroxylation sites is 2. The van der Waals surface area contributed by atoms with E-state index in [1.54, 1.807) is 0 Å². The van der Waals surface area contributed by atoms with Crippen molar-refractivity contribution in [2.45, 2.75) is 19.0 Å². The molecule has 2 heteroatoms. The first kappa shape index (κ1) is 11.6. The van der Waals surface area contributed by atoms with Crippen LogP contribution in [0.15, 0.2) is 54.6 Å². The fourth-order valence-electron chi connectivity index (χ4n) is 3.23. The lowest BCUT2D eigenvalue weighted by atomic mass is 9.99. The number of rotatable bonds is 1. The third-order valence-electron chi connectivity index (χ3n) is 4.25. The normalized spacial score (nSPS) is 20.0. The number of nitrogens with zero attached hydrogens (tertiary/aromatic N) is 1. The molecule has 0 saturated carbocycles. The molecule has 20 heavy (non-hydrogen) atoms. The van der Waals surface area contributed by atoms with Crippen LogP contribution in [0.3, 0.4) is 0 Å². The van der Waals surface area contributed by atoms with Crippen molar-refractivity contribution in [3.05, 3.63) is 65.7 Å². The summed E-state index contributed by atoms with van der Waals surface area (Å²) in [5, 5.41) is 3.70. The Morgan fingerprint density at radius 3 is 2.85 bits per heavy atom. The van der Waals surface area contributed by atoms with E-state index in [0.717, 1.165) is 19.4 Å². The SMILES string of the molecule is C1=Cc2ccccc2N(C2CCc3ccccc3N2)C1. The maximum absolute atomic E-state index is 3.70. The van der Waals surface area contributed by atoms with Crippen molar-refractivity contribution in [3.63, 3.8) is 0 Å². The maximum Gasteiger partial charge on any atom is 0.0996 e. The van der Waals surface area contributed by atoms with Gasteiger partial charge in [-0.25, -0.2) is 0 Å².